The number of Topliss-reactive ketones (excluding diaryl/α,β-unsaturated/α-hetero) is 1. The van der Waals surface area contributed by atoms with E-state index < -0.39 is 17.7 Å². The lowest BCUT2D eigenvalue weighted by Gasteiger charge is -2.25. The van der Waals surface area contributed by atoms with Crippen LogP contribution in [0.15, 0.2) is 67.0 Å². The molecule has 1 N–H and O–H groups in total. The highest BCUT2D eigenvalue weighted by atomic mass is 16.5. The van der Waals surface area contributed by atoms with Crippen molar-refractivity contribution in [2.75, 3.05) is 20.8 Å². The number of aliphatic hydroxyl groups is 1. The number of carbonyl (C=O) groups excluding carboxylic acids is 2. The van der Waals surface area contributed by atoms with Crippen molar-refractivity contribution in [2.24, 2.45) is 0 Å². The highest BCUT2D eigenvalue weighted by molar-refractivity contribution is 6.46. The number of hydrogen-bond donors (Lipinski definition) is 1. The van der Waals surface area contributed by atoms with Gasteiger partial charge in [-0.3, -0.25) is 14.6 Å². The van der Waals surface area contributed by atoms with Crippen molar-refractivity contribution in [3.05, 3.63) is 78.1 Å². The molecule has 2 aromatic heterocycles. The molecule has 0 saturated carbocycles. The largest absolute Gasteiger partial charge is 0.507 e. The van der Waals surface area contributed by atoms with Crippen LogP contribution in [-0.2, 0) is 16.1 Å². The third-order valence-electron chi connectivity index (χ3n) is 5.58. The van der Waals surface area contributed by atoms with Crippen molar-refractivity contribution in [3.8, 4) is 11.5 Å². The summed E-state index contributed by atoms with van der Waals surface area (Å²) in [5.41, 5.74) is 0.927. The lowest BCUT2D eigenvalue weighted by molar-refractivity contribution is -0.139. The van der Waals surface area contributed by atoms with Crippen LogP contribution in [0.2, 0.25) is 0 Å². The molecule has 0 spiro atoms. The Kier molecular flexibility index (Phi) is 6.39. The summed E-state index contributed by atoms with van der Waals surface area (Å²) < 4.78 is 12.5. The zero-order valence-electron chi connectivity index (χ0n) is 18.3. The van der Waals surface area contributed by atoms with Crippen LogP contribution in [0.3, 0.4) is 0 Å². The third-order valence-corrected chi connectivity index (χ3v) is 5.58. The number of methoxy groups -OCH3 is 2. The van der Waals surface area contributed by atoms with E-state index in [0.29, 0.717) is 42.1 Å². The van der Waals surface area contributed by atoms with Crippen molar-refractivity contribution < 1.29 is 24.2 Å². The molecule has 1 atom stereocenters. The average Bonchev–Trinajstić information content (AvgIpc) is 3.46. The van der Waals surface area contributed by atoms with E-state index in [-0.39, 0.29) is 11.3 Å². The normalized spacial score (nSPS) is 17.4. The van der Waals surface area contributed by atoms with Gasteiger partial charge in [0, 0.05) is 43.9 Å². The van der Waals surface area contributed by atoms with E-state index in [1.165, 1.54) is 19.1 Å². The first-order valence-electron chi connectivity index (χ1n) is 10.4. The Balaban J connectivity index is 1.75. The molecule has 9 nitrogen and oxygen atoms in total. The van der Waals surface area contributed by atoms with E-state index >= 15 is 0 Å². The van der Waals surface area contributed by atoms with E-state index in [0.717, 1.165) is 0 Å². The fourth-order valence-electron chi connectivity index (χ4n) is 3.98. The predicted octanol–water partition coefficient (Wildman–Crippen LogP) is 2.81. The van der Waals surface area contributed by atoms with E-state index in [2.05, 4.69) is 9.97 Å². The molecule has 0 aliphatic carbocycles. The second kappa shape index (κ2) is 9.56. The second-order valence-corrected chi connectivity index (χ2v) is 7.50. The summed E-state index contributed by atoms with van der Waals surface area (Å²) in [5.74, 6) is -0.862. The Hall–Kier alpha value is -4.14. The molecular weight excluding hydrogens is 424 g/mol. The third kappa shape index (κ3) is 4.30. The number of rotatable bonds is 8. The molecule has 0 radical (unpaired) electrons. The summed E-state index contributed by atoms with van der Waals surface area (Å²) in [6.07, 6.45) is 9.03. The lowest BCUT2D eigenvalue weighted by Crippen LogP contribution is -2.31. The van der Waals surface area contributed by atoms with Gasteiger partial charge in [0.15, 0.2) is 0 Å². The van der Waals surface area contributed by atoms with Gasteiger partial charge in [-0.05, 0) is 30.2 Å². The maximum absolute atomic E-state index is 13.1. The maximum Gasteiger partial charge on any atom is 0.295 e. The molecule has 3 heterocycles. The molecule has 1 aliphatic heterocycles. The summed E-state index contributed by atoms with van der Waals surface area (Å²) in [7, 11) is 2.98. The van der Waals surface area contributed by atoms with E-state index in [1.54, 1.807) is 55.2 Å². The topological polar surface area (TPSA) is 107 Å². The van der Waals surface area contributed by atoms with E-state index in [9.17, 15) is 14.7 Å². The van der Waals surface area contributed by atoms with Gasteiger partial charge in [-0.1, -0.05) is 6.07 Å². The first-order chi connectivity index (χ1) is 16.0. The Labute approximate surface area is 190 Å². The standard InChI is InChI=1S/C24H24N4O5/c1-32-17-6-7-18(19(13-17)33-2)22(29)20-21(16-5-3-8-25-14-16)28(24(31)23(20)30)11-4-10-27-12-9-26-15-27/h3,5-9,12-15,21,29H,4,10-11H2,1-2H3/b22-20+. The highest BCUT2D eigenvalue weighted by Crippen LogP contribution is 2.41. The molecule has 1 fully saturated rings. The van der Waals surface area contributed by atoms with Crippen molar-refractivity contribution in [2.45, 2.75) is 19.0 Å². The zero-order chi connectivity index (χ0) is 23.4. The summed E-state index contributed by atoms with van der Waals surface area (Å²) >= 11 is 0. The van der Waals surface area contributed by atoms with Crippen LogP contribution < -0.4 is 9.47 Å². The molecule has 170 valence electrons. The van der Waals surface area contributed by atoms with Crippen LogP contribution in [0.25, 0.3) is 5.76 Å². The molecule has 4 rings (SSSR count). The maximum atomic E-state index is 13.1. The van der Waals surface area contributed by atoms with Crippen LogP contribution in [0.4, 0.5) is 0 Å². The molecule has 1 amide bonds. The van der Waals surface area contributed by atoms with E-state index in [4.69, 9.17) is 9.47 Å². The number of ether oxygens (including phenoxy) is 2. The van der Waals surface area contributed by atoms with E-state index in [1.807, 2.05) is 10.8 Å². The molecule has 1 aromatic carbocycles. The number of nitrogens with zero attached hydrogens (tertiary/aromatic N) is 4. The fraction of sp³-hybridized carbons (Fsp3) is 0.250. The Bertz CT molecular complexity index is 1170. The summed E-state index contributed by atoms with van der Waals surface area (Å²) in [5, 5.41) is 11.2. The molecule has 33 heavy (non-hydrogen) atoms. The molecule has 1 aliphatic rings. The van der Waals surface area contributed by atoms with Crippen LogP contribution in [0.1, 0.15) is 23.6 Å². The van der Waals surface area contributed by atoms with Gasteiger partial charge in [0.05, 0.1) is 37.7 Å². The molecule has 3 aromatic rings. The number of aliphatic hydroxyl groups excluding tert-OH is 1. The minimum Gasteiger partial charge on any atom is -0.507 e. The summed E-state index contributed by atoms with van der Waals surface area (Å²) in [4.78, 5) is 35.8. The smallest absolute Gasteiger partial charge is 0.295 e. The molecule has 1 saturated heterocycles. The van der Waals surface area contributed by atoms with Crippen LogP contribution in [-0.4, -0.2) is 57.0 Å². The minimum absolute atomic E-state index is 0.000835. The number of aromatic nitrogens is 3. The fourth-order valence-corrected chi connectivity index (χ4v) is 3.98. The average molecular weight is 448 g/mol. The van der Waals surface area contributed by atoms with Gasteiger partial charge < -0.3 is 24.0 Å². The van der Waals surface area contributed by atoms with Crippen molar-refractivity contribution >= 4 is 17.4 Å². The number of aryl methyl sites for hydroxylation is 1. The van der Waals surface area contributed by atoms with Gasteiger partial charge in [0.2, 0.25) is 0 Å². The first-order valence-corrected chi connectivity index (χ1v) is 10.4. The second-order valence-electron chi connectivity index (χ2n) is 7.50. The van der Waals surface area contributed by atoms with Gasteiger partial charge in [-0.15, -0.1) is 0 Å². The van der Waals surface area contributed by atoms with Gasteiger partial charge in [-0.2, -0.15) is 0 Å². The van der Waals surface area contributed by atoms with Gasteiger partial charge >= 0.3 is 0 Å². The number of amides is 1. The quantitative estimate of drug-likeness (QED) is 0.321. The van der Waals surface area contributed by atoms with Crippen molar-refractivity contribution in [1.29, 1.82) is 0 Å². The van der Waals surface area contributed by atoms with Gasteiger partial charge in [0.25, 0.3) is 11.7 Å². The minimum atomic E-state index is -0.770. The van der Waals surface area contributed by atoms with Crippen LogP contribution in [0.5, 0.6) is 11.5 Å². The lowest BCUT2D eigenvalue weighted by atomic mass is 9.96. The molecular formula is C24H24N4O5. The monoisotopic (exact) mass is 448 g/mol. The number of ketones is 1. The van der Waals surface area contributed by atoms with Crippen molar-refractivity contribution in [1.82, 2.24) is 19.4 Å². The molecule has 0 bridgehead atoms. The molecule has 9 heteroatoms. The number of likely N-dealkylation sites (tertiary alicyclic amines) is 1. The van der Waals surface area contributed by atoms with Crippen LogP contribution in [0, 0.1) is 0 Å². The number of imidazole rings is 1. The Morgan fingerprint density at radius 3 is 2.61 bits per heavy atom. The number of pyridine rings is 1. The van der Waals surface area contributed by atoms with Gasteiger partial charge in [-0.25, -0.2) is 4.98 Å². The highest BCUT2D eigenvalue weighted by Gasteiger charge is 2.46. The Morgan fingerprint density at radius 2 is 1.94 bits per heavy atom. The van der Waals surface area contributed by atoms with Crippen LogP contribution >= 0.6 is 0 Å². The Morgan fingerprint density at radius 1 is 1.09 bits per heavy atom. The summed E-state index contributed by atoms with van der Waals surface area (Å²) in [6, 6.07) is 7.60. The zero-order valence-corrected chi connectivity index (χ0v) is 18.3. The SMILES string of the molecule is COc1ccc(/C(O)=C2\C(=O)C(=O)N(CCCn3ccnc3)C2c2cccnc2)c(OC)c1. The number of benzene rings is 1. The predicted molar refractivity (Wildman–Crippen MR) is 120 cm³/mol. The van der Waals surface area contributed by atoms with Crippen molar-refractivity contribution in [3.63, 3.8) is 0 Å². The number of carbonyl (C=O) groups is 2. The van der Waals surface area contributed by atoms with Gasteiger partial charge in [0.1, 0.15) is 17.3 Å². The summed E-state index contributed by atoms with van der Waals surface area (Å²) in [6.45, 7) is 0.952. The molecule has 1 unspecified atom stereocenters. The first kappa shape index (κ1) is 22.1. The number of hydrogen-bond acceptors (Lipinski definition) is 7.